The van der Waals surface area contributed by atoms with Crippen LogP contribution in [0.4, 0.5) is 0 Å². The molecule has 1 rings (SSSR count). The maximum absolute atomic E-state index is 11.5. The molecule has 6 nitrogen and oxygen atoms in total. The van der Waals surface area contributed by atoms with Crippen LogP contribution in [-0.4, -0.2) is 40.0 Å². The van der Waals surface area contributed by atoms with E-state index in [-0.39, 0.29) is 18.1 Å². The van der Waals surface area contributed by atoms with Crippen molar-refractivity contribution >= 4 is 9.84 Å². The van der Waals surface area contributed by atoms with Gasteiger partial charge in [-0.3, -0.25) is 4.68 Å². The molecule has 1 N–H and O–H groups in total. The van der Waals surface area contributed by atoms with E-state index in [0.29, 0.717) is 18.5 Å². The standard InChI is InChI=1S/C10H19N3O3S/c1-3-6-17(15,16)7-5-13-8-9(11-12-13)10(14)4-2/h8,10,14H,3-7H2,1-2H3. The van der Waals surface area contributed by atoms with Gasteiger partial charge in [0, 0.05) is 5.75 Å². The van der Waals surface area contributed by atoms with Gasteiger partial charge in [0.05, 0.1) is 24.6 Å². The largest absolute Gasteiger partial charge is 0.387 e. The van der Waals surface area contributed by atoms with Gasteiger partial charge in [-0.25, -0.2) is 8.42 Å². The van der Waals surface area contributed by atoms with Crippen molar-refractivity contribution in [2.24, 2.45) is 0 Å². The van der Waals surface area contributed by atoms with Gasteiger partial charge in [0.1, 0.15) is 5.69 Å². The van der Waals surface area contributed by atoms with Crippen LogP contribution in [0.5, 0.6) is 0 Å². The molecule has 0 saturated heterocycles. The Morgan fingerprint density at radius 2 is 2.12 bits per heavy atom. The van der Waals surface area contributed by atoms with E-state index in [4.69, 9.17) is 0 Å². The first-order chi connectivity index (χ1) is 7.98. The van der Waals surface area contributed by atoms with E-state index >= 15 is 0 Å². The van der Waals surface area contributed by atoms with Gasteiger partial charge in [0.2, 0.25) is 0 Å². The second kappa shape index (κ2) is 6.11. The molecule has 0 aliphatic rings. The Balaban J connectivity index is 2.56. The molecule has 98 valence electrons. The molecule has 1 atom stereocenters. The summed E-state index contributed by atoms with van der Waals surface area (Å²) in [5.41, 5.74) is 0.486. The Morgan fingerprint density at radius 1 is 1.41 bits per heavy atom. The van der Waals surface area contributed by atoms with Crippen LogP contribution in [0.15, 0.2) is 6.20 Å². The predicted molar refractivity (Wildman–Crippen MR) is 64.2 cm³/mol. The van der Waals surface area contributed by atoms with E-state index in [9.17, 15) is 13.5 Å². The average Bonchev–Trinajstić information content (AvgIpc) is 2.74. The molecule has 1 aromatic heterocycles. The summed E-state index contributed by atoms with van der Waals surface area (Å²) in [5.74, 6) is 0.262. The summed E-state index contributed by atoms with van der Waals surface area (Å²) in [6, 6.07) is 0. The van der Waals surface area contributed by atoms with E-state index in [1.807, 2.05) is 13.8 Å². The van der Waals surface area contributed by atoms with Crippen molar-refractivity contribution in [3.63, 3.8) is 0 Å². The Kier molecular flexibility index (Phi) is 5.07. The van der Waals surface area contributed by atoms with E-state index < -0.39 is 15.9 Å². The van der Waals surface area contributed by atoms with E-state index in [1.165, 1.54) is 4.68 Å². The molecule has 0 amide bonds. The monoisotopic (exact) mass is 261 g/mol. The van der Waals surface area contributed by atoms with Crippen molar-refractivity contribution in [3.8, 4) is 0 Å². The molecule has 0 aliphatic heterocycles. The minimum atomic E-state index is -3.00. The lowest BCUT2D eigenvalue weighted by Crippen LogP contribution is -2.16. The average molecular weight is 261 g/mol. The third-order valence-corrected chi connectivity index (χ3v) is 4.27. The summed E-state index contributed by atoms with van der Waals surface area (Å²) in [4.78, 5) is 0. The maximum Gasteiger partial charge on any atom is 0.152 e. The van der Waals surface area contributed by atoms with Crippen LogP contribution in [0.3, 0.4) is 0 Å². The first-order valence-electron chi connectivity index (χ1n) is 5.77. The Morgan fingerprint density at radius 3 is 2.71 bits per heavy atom. The molecule has 7 heteroatoms. The maximum atomic E-state index is 11.5. The fourth-order valence-corrected chi connectivity index (χ4v) is 2.72. The first kappa shape index (κ1) is 14.1. The first-order valence-corrected chi connectivity index (χ1v) is 7.59. The Hall–Kier alpha value is -0.950. The lowest BCUT2D eigenvalue weighted by Gasteiger charge is -2.02. The zero-order valence-electron chi connectivity index (χ0n) is 10.2. The number of aliphatic hydroxyl groups excluding tert-OH is 1. The number of aromatic nitrogens is 3. The number of sulfone groups is 1. The molecule has 1 heterocycles. The minimum Gasteiger partial charge on any atom is -0.387 e. The third-order valence-electron chi connectivity index (χ3n) is 2.43. The number of nitrogens with zero attached hydrogens (tertiary/aromatic N) is 3. The van der Waals surface area contributed by atoms with Gasteiger partial charge in [0.15, 0.2) is 9.84 Å². The quantitative estimate of drug-likeness (QED) is 0.774. The fourth-order valence-electron chi connectivity index (χ4n) is 1.43. The van der Waals surface area contributed by atoms with Gasteiger partial charge in [0.25, 0.3) is 0 Å². The van der Waals surface area contributed by atoms with Gasteiger partial charge in [-0.2, -0.15) is 0 Å². The molecule has 0 aromatic carbocycles. The van der Waals surface area contributed by atoms with Crippen LogP contribution < -0.4 is 0 Å². The Bertz CT molecular complexity index is 441. The van der Waals surface area contributed by atoms with Crippen molar-refractivity contribution in [2.75, 3.05) is 11.5 Å². The smallest absolute Gasteiger partial charge is 0.152 e. The number of aryl methyl sites for hydroxylation is 1. The van der Waals surface area contributed by atoms with Crippen molar-refractivity contribution in [1.29, 1.82) is 0 Å². The summed E-state index contributed by atoms with van der Waals surface area (Å²) in [5, 5.41) is 17.1. The van der Waals surface area contributed by atoms with Crippen LogP contribution in [0.1, 0.15) is 38.5 Å². The van der Waals surface area contributed by atoms with Gasteiger partial charge in [-0.15, -0.1) is 5.10 Å². The van der Waals surface area contributed by atoms with E-state index in [0.717, 1.165) is 0 Å². The van der Waals surface area contributed by atoms with Crippen LogP contribution in [-0.2, 0) is 16.4 Å². The van der Waals surface area contributed by atoms with Crippen LogP contribution >= 0.6 is 0 Å². The molecule has 1 unspecified atom stereocenters. The zero-order valence-corrected chi connectivity index (χ0v) is 11.0. The van der Waals surface area contributed by atoms with E-state index in [1.54, 1.807) is 6.20 Å². The number of aliphatic hydroxyl groups is 1. The molecule has 17 heavy (non-hydrogen) atoms. The number of hydrogen-bond acceptors (Lipinski definition) is 5. The van der Waals surface area contributed by atoms with Crippen molar-refractivity contribution < 1.29 is 13.5 Å². The SMILES string of the molecule is CCCS(=O)(=O)CCn1cc(C(O)CC)nn1. The Labute approximate surface area is 102 Å². The highest BCUT2D eigenvalue weighted by Crippen LogP contribution is 2.11. The van der Waals surface area contributed by atoms with Crippen molar-refractivity contribution in [1.82, 2.24) is 15.0 Å². The lowest BCUT2D eigenvalue weighted by atomic mass is 10.2. The topological polar surface area (TPSA) is 85.1 Å². The van der Waals surface area contributed by atoms with E-state index in [2.05, 4.69) is 10.3 Å². The summed E-state index contributed by atoms with van der Waals surface area (Å²) < 4.78 is 24.4. The molecular weight excluding hydrogens is 242 g/mol. The fraction of sp³-hybridized carbons (Fsp3) is 0.800. The highest BCUT2D eigenvalue weighted by atomic mass is 32.2. The third kappa shape index (κ3) is 4.43. The molecule has 0 radical (unpaired) electrons. The second-order valence-corrected chi connectivity index (χ2v) is 6.29. The van der Waals surface area contributed by atoms with Crippen molar-refractivity contribution in [2.45, 2.75) is 39.3 Å². The lowest BCUT2D eigenvalue weighted by molar-refractivity contribution is 0.168. The van der Waals surface area contributed by atoms with Gasteiger partial charge < -0.3 is 5.11 Å². The summed E-state index contributed by atoms with van der Waals surface area (Å²) >= 11 is 0. The summed E-state index contributed by atoms with van der Waals surface area (Å²) in [7, 11) is -3.00. The predicted octanol–water partition coefficient (Wildman–Crippen LogP) is 0.546. The van der Waals surface area contributed by atoms with Crippen molar-refractivity contribution in [3.05, 3.63) is 11.9 Å². The zero-order chi connectivity index (χ0) is 12.9. The molecule has 0 aliphatic carbocycles. The van der Waals surface area contributed by atoms with Gasteiger partial charge in [-0.05, 0) is 12.8 Å². The van der Waals surface area contributed by atoms with Crippen LogP contribution in [0, 0.1) is 0 Å². The minimum absolute atomic E-state index is 0.0614. The summed E-state index contributed by atoms with van der Waals surface area (Å²) in [6.07, 6.45) is 2.15. The second-order valence-electron chi connectivity index (χ2n) is 3.98. The highest BCUT2D eigenvalue weighted by Gasteiger charge is 2.12. The molecule has 0 fully saturated rings. The molecule has 0 bridgehead atoms. The highest BCUT2D eigenvalue weighted by molar-refractivity contribution is 7.91. The number of hydrogen-bond donors (Lipinski definition) is 1. The molecular formula is C10H19N3O3S. The molecule has 1 aromatic rings. The van der Waals surface area contributed by atoms with Gasteiger partial charge >= 0.3 is 0 Å². The van der Waals surface area contributed by atoms with Crippen LogP contribution in [0.2, 0.25) is 0 Å². The molecule has 0 saturated carbocycles. The number of rotatable bonds is 7. The molecule has 0 spiro atoms. The summed E-state index contributed by atoms with van der Waals surface area (Å²) in [6.45, 7) is 3.96. The van der Waals surface area contributed by atoms with Crippen LogP contribution in [0.25, 0.3) is 0 Å². The van der Waals surface area contributed by atoms with Gasteiger partial charge in [-0.1, -0.05) is 19.1 Å². The normalized spacial score (nSPS) is 13.8.